The van der Waals surface area contributed by atoms with Crippen molar-refractivity contribution < 1.29 is 62.6 Å². The minimum Gasteiger partial charge on any atom is -0.494 e. The Bertz CT molecular complexity index is 4060. The van der Waals surface area contributed by atoms with Crippen molar-refractivity contribution in [2.45, 2.75) is 217 Å². The maximum absolute atomic E-state index is 13.9. The summed E-state index contributed by atoms with van der Waals surface area (Å²) in [5.74, 6) is 3.73. The van der Waals surface area contributed by atoms with Crippen LogP contribution in [0.25, 0.3) is 89.7 Å². The molecule has 3 aromatic heterocycles. The van der Waals surface area contributed by atoms with Crippen LogP contribution < -0.4 is 28.9 Å². The molecule has 0 aliphatic carbocycles. The molecule has 8 aromatic rings. The van der Waals surface area contributed by atoms with E-state index in [0.717, 1.165) is 90.1 Å². The van der Waals surface area contributed by atoms with Crippen LogP contribution in [0.15, 0.2) is 103 Å². The predicted molar refractivity (Wildman–Crippen MR) is 398 cm³/mol. The summed E-state index contributed by atoms with van der Waals surface area (Å²) >= 11 is 0. The second-order valence-electron chi connectivity index (χ2n) is 27.0. The van der Waals surface area contributed by atoms with Crippen molar-refractivity contribution in [1.29, 1.82) is 0 Å². The molecular weight excluding hydrogens is 1310 g/mol. The second-order valence-corrected chi connectivity index (χ2v) is 27.0. The fraction of sp³-hybridized carbons (Fsp3) is 0.512. The van der Waals surface area contributed by atoms with Crippen LogP contribution in [-0.2, 0) is 38.5 Å². The van der Waals surface area contributed by atoms with E-state index in [2.05, 4.69) is 39.8 Å². The number of aliphatic hydroxyl groups is 1. The number of nitrogens with zero attached hydrogens (tertiary/aromatic N) is 8. The summed E-state index contributed by atoms with van der Waals surface area (Å²) in [4.78, 5) is 69.5. The van der Waals surface area contributed by atoms with Crippen molar-refractivity contribution in [2.75, 3.05) is 46.2 Å². The van der Waals surface area contributed by atoms with Crippen molar-refractivity contribution in [1.82, 2.24) is 39.9 Å². The van der Waals surface area contributed by atoms with Crippen LogP contribution in [0.4, 0.5) is 0 Å². The van der Waals surface area contributed by atoms with Gasteiger partial charge in [0.25, 0.3) is 0 Å². The van der Waals surface area contributed by atoms with Gasteiger partial charge in [-0.25, -0.2) is 9.97 Å². The van der Waals surface area contributed by atoms with Crippen LogP contribution in [0.1, 0.15) is 222 Å². The first-order chi connectivity index (χ1) is 47.3. The molecule has 8 bridgehead atoms. The van der Waals surface area contributed by atoms with Gasteiger partial charge in [0.2, 0.25) is 0 Å². The van der Waals surface area contributed by atoms with Crippen molar-refractivity contribution in [2.24, 2.45) is 10.8 Å². The largest absolute Gasteiger partial charge is 2.00 e. The number of aliphatic hydroxyl groups excluding tert-OH is 1. The van der Waals surface area contributed by atoms with Crippen molar-refractivity contribution in [3.63, 3.8) is 0 Å². The first kappa shape index (κ1) is 79.5. The predicted octanol–water partition coefficient (Wildman–Crippen LogP) is 19.9. The fourth-order valence-corrected chi connectivity index (χ4v) is 12.8. The average molecular weight is 1420 g/mol. The zero-order valence-electron chi connectivity index (χ0n) is 59.1. The molecule has 0 radical (unpaired) electrons. The SMILES string of the molecule is C.C.CCCCCCCCOc1ccc2c(c1)-c1nc-2nc2[n-]c(nc3nc(nc4[n-]c(n1)c1ccc(OCCCCCCCC)cc41)-c1ccc(OCCCCCCCC)cc1-3)c1ccc(OCCOC(=O)C(C)(C)CCC(C)(CCC(CC)c3ccccc3)C(=O)OCCO)cc21.[Zn+2]. The van der Waals surface area contributed by atoms with Crippen LogP contribution in [0, 0.1) is 10.8 Å². The van der Waals surface area contributed by atoms with Crippen LogP contribution in [0.2, 0.25) is 0 Å². The van der Waals surface area contributed by atoms with E-state index in [1.165, 1.54) is 82.6 Å². The van der Waals surface area contributed by atoms with Gasteiger partial charge in [0.15, 0.2) is 0 Å². The molecule has 5 aromatic carbocycles. The number of carbonyl (C=O) groups is 2. The number of ether oxygens (including phenoxy) is 6. The number of aromatic nitrogens is 8. The van der Waals surface area contributed by atoms with E-state index in [0.29, 0.717) is 113 Å². The summed E-state index contributed by atoms with van der Waals surface area (Å²) in [5, 5.41) is 12.4. The molecule has 2 aliphatic rings. The van der Waals surface area contributed by atoms with Gasteiger partial charge in [-0.15, -0.1) is 0 Å². The van der Waals surface area contributed by atoms with Gasteiger partial charge >= 0.3 is 31.4 Å². The van der Waals surface area contributed by atoms with Gasteiger partial charge in [-0.05, 0) is 178 Å². The zero-order valence-corrected chi connectivity index (χ0v) is 62.1. The van der Waals surface area contributed by atoms with Crippen LogP contribution in [0.5, 0.6) is 23.0 Å². The summed E-state index contributed by atoms with van der Waals surface area (Å²) in [6.45, 7) is 15.9. The number of rotatable bonds is 40. The molecule has 18 heteroatoms. The van der Waals surface area contributed by atoms with E-state index in [4.69, 9.17) is 68.3 Å². The van der Waals surface area contributed by atoms with Gasteiger partial charge in [-0.2, -0.15) is 0 Å². The third-order valence-electron chi connectivity index (χ3n) is 19.0. The summed E-state index contributed by atoms with van der Waals surface area (Å²) in [5.41, 5.74) is 3.97. The van der Waals surface area contributed by atoms with E-state index in [-0.39, 0.29) is 72.6 Å². The summed E-state index contributed by atoms with van der Waals surface area (Å²) in [7, 11) is 0. The van der Waals surface area contributed by atoms with Gasteiger partial charge < -0.3 is 63.4 Å². The number of unbranched alkanes of at least 4 members (excludes halogenated alkanes) is 15. The Labute approximate surface area is 606 Å². The topological polar surface area (TPSA) is 215 Å². The maximum Gasteiger partial charge on any atom is 2.00 e. The van der Waals surface area contributed by atoms with E-state index >= 15 is 0 Å². The number of esters is 2. The van der Waals surface area contributed by atoms with Gasteiger partial charge in [0, 0.05) is 44.8 Å². The number of benzene rings is 5. The molecule has 0 saturated carbocycles. The third-order valence-corrected chi connectivity index (χ3v) is 19.0. The van der Waals surface area contributed by atoms with E-state index < -0.39 is 16.8 Å². The molecule has 17 nitrogen and oxygen atoms in total. The van der Waals surface area contributed by atoms with Crippen LogP contribution in [0.3, 0.4) is 0 Å². The second kappa shape index (κ2) is 39.4. The Balaban J connectivity index is 0.00000468. The van der Waals surface area contributed by atoms with Crippen molar-refractivity contribution in [3.05, 3.63) is 109 Å². The third kappa shape index (κ3) is 20.9. The molecule has 1 N–H and O–H groups in total. The van der Waals surface area contributed by atoms with E-state index in [1.807, 2.05) is 112 Å². The van der Waals surface area contributed by atoms with Gasteiger partial charge in [-0.1, -0.05) is 169 Å². The molecular formula is C82H108N8O9Zn. The summed E-state index contributed by atoms with van der Waals surface area (Å²) < 4.78 is 37.1. The van der Waals surface area contributed by atoms with Gasteiger partial charge in [0.1, 0.15) is 42.8 Å². The normalized spacial score (nSPS) is 12.5. The molecule has 532 valence electrons. The van der Waals surface area contributed by atoms with Crippen LogP contribution >= 0.6 is 0 Å². The average Bonchev–Trinajstić information content (AvgIpc) is 1.60. The number of fused-ring (bicyclic) bond motifs is 20. The molecule has 0 amide bonds. The quantitative estimate of drug-likeness (QED) is 0.0215. The fourth-order valence-electron chi connectivity index (χ4n) is 12.8. The van der Waals surface area contributed by atoms with Gasteiger partial charge in [-0.3, -0.25) is 9.59 Å². The molecule has 2 aliphatic heterocycles. The monoisotopic (exact) mass is 1410 g/mol. The zero-order chi connectivity index (χ0) is 68.0. The maximum atomic E-state index is 13.9. The standard InChI is InChI=1S/C80H100N8O9.2CH4.Zn/c1-8-12-15-18-21-27-45-92-57-32-36-61-65(51-57)73-81-69(61)83-74-67-53-59(94-47-29-23-20-17-14-10-3)34-38-63(67)71(85-74)87-76-68-54-60(35-39-64(68)72(88-76)86-75-66-52-58(33-37-62(66)70(82-73)84-75)93-46-28-22-19-16-13-9-2)95-49-50-97-77(90)79(5,6)42-43-80(7,78(91)96-48-44-89)41-40-55(11-4)56-30-25-24-26-31-56;;;/h24-26,30-39,51-55,89H,8-23,27-29,40-50H2,1-7H3;2*1H4;/q-2;;;+2. The van der Waals surface area contributed by atoms with Crippen LogP contribution in [-0.4, -0.2) is 93.2 Å². The Morgan fingerprint density at radius 3 is 1.27 bits per heavy atom. The Kier molecular flexibility index (Phi) is 31.3. The molecule has 0 saturated heterocycles. The summed E-state index contributed by atoms with van der Waals surface area (Å²) in [6, 6.07) is 33.8. The Morgan fingerprint density at radius 1 is 0.420 bits per heavy atom. The first-order valence-corrected chi connectivity index (χ1v) is 36.1. The van der Waals surface area contributed by atoms with E-state index in [9.17, 15) is 14.7 Å². The molecule has 2 unspecified atom stereocenters. The first-order valence-electron chi connectivity index (χ1n) is 36.1. The molecule has 10 rings (SSSR count). The minimum atomic E-state index is -0.939. The number of hydrogen-bond acceptors (Lipinski definition) is 15. The van der Waals surface area contributed by atoms with Crippen molar-refractivity contribution >= 4 is 56.1 Å². The van der Waals surface area contributed by atoms with Crippen molar-refractivity contribution in [3.8, 4) is 68.5 Å². The smallest absolute Gasteiger partial charge is 0.494 e. The minimum absolute atomic E-state index is 0. The van der Waals surface area contributed by atoms with Gasteiger partial charge in [0.05, 0.1) is 60.6 Å². The Hall–Kier alpha value is -7.82. The molecule has 0 spiro atoms. The summed E-state index contributed by atoms with van der Waals surface area (Å²) in [6.07, 6.45) is 23.8. The number of hydrogen-bond donors (Lipinski definition) is 1. The molecule has 0 fully saturated rings. The molecule has 2 atom stereocenters. The molecule has 5 heterocycles. The Morgan fingerprint density at radius 2 is 0.820 bits per heavy atom. The van der Waals surface area contributed by atoms with E-state index in [1.54, 1.807) is 0 Å². The number of carbonyl (C=O) groups excluding carboxylic acids is 2. The molecule has 100 heavy (non-hydrogen) atoms.